The van der Waals surface area contributed by atoms with Crippen molar-refractivity contribution in [3.05, 3.63) is 23.8 Å². The van der Waals surface area contributed by atoms with Gasteiger partial charge in [0.15, 0.2) is 11.5 Å². The highest BCUT2D eigenvalue weighted by molar-refractivity contribution is 5.96. The average molecular weight is 278 g/mol. The maximum atomic E-state index is 12.1. The number of carbonyl (C=O) groups is 2. The quantitative estimate of drug-likeness (QED) is 0.833. The number of hydrogen-bond donors (Lipinski definition) is 2. The smallest absolute Gasteiger partial charge is 0.254 e. The van der Waals surface area contributed by atoms with Crippen molar-refractivity contribution in [1.82, 2.24) is 10.2 Å². The maximum Gasteiger partial charge on any atom is 0.254 e. The number of benzene rings is 1. The lowest BCUT2D eigenvalue weighted by atomic mass is 10.2. The fourth-order valence-electron chi connectivity index (χ4n) is 1.83. The molecule has 0 aliphatic heterocycles. The Balaban J connectivity index is 1.98. The zero-order valence-electron chi connectivity index (χ0n) is 11.5. The first-order valence-corrected chi connectivity index (χ1v) is 6.43. The number of hydrogen-bond acceptors (Lipinski definition) is 4. The van der Waals surface area contributed by atoms with E-state index in [0.29, 0.717) is 11.3 Å². The van der Waals surface area contributed by atoms with Crippen LogP contribution in [-0.4, -0.2) is 48.6 Å². The fourth-order valence-corrected chi connectivity index (χ4v) is 1.83. The first-order valence-electron chi connectivity index (χ1n) is 6.43. The number of likely N-dealkylation sites (N-methyl/N-ethyl adjacent to an activating group) is 1. The van der Waals surface area contributed by atoms with Gasteiger partial charge in [-0.2, -0.15) is 0 Å². The van der Waals surface area contributed by atoms with Gasteiger partial charge in [0.2, 0.25) is 5.91 Å². The van der Waals surface area contributed by atoms with E-state index in [0.717, 1.165) is 12.8 Å². The third-order valence-corrected chi connectivity index (χ3v) is 3.10. The van der Waals surface area contributed by atoms with Crippen LogP contribution in [0.3, 0.4) is 0 Å². The van der Waals surface area contributed by atoms with Crippen LogP contribution in [0.25, 0.3) is 0 Å². The lowest BCUT2D eigenvalue weighted by Gasteiger charge is -2.17. The Hall–Kier alpha value is -2.24. The van der Waals surface area contributed by atoms with Gasteiger partial charge in [-0.15, -0.1) is 0 Å². The van der Waals surface area contributed by atoms with Gasteiger partial charge in [0.1, 0.15) is 0 Å². The zero-order valence-corrected chi connectivity index (χ0v) is 11.5. The van der Waals surface area contributed by atoms with E-state index in [1.165, 1.54) is 24.1 Å². The van der Waals surface area contributed by atoms with Gasteiger partial charge >= 0.3 is 0 Å². The van der Waals surface area contributed by atoms with Gasteiger partial charge in [0.25, 0.3) is 5.91 Å². The average Bonchev–Trinajstić information content (AvgIpc) is 3.21. The standard InChI is InChI=1S/C14H18N2O4/c1-16(8-13(18)15-10-4-5-10)14(19)9-3-6-12(20-2)11(17)7-9/h3,6-7,10,17H,4-5,8H2,1-2H3,(H,15,18). The lowest BCUT2D eigenvalue weighted by molar-refractivity contribution is -0.121. The van der Waals surface area contributed by atoms with Gasteiger partial charge < -0.3 is 20.1 Å². The molecule has 0 saturated heterocycles. The van der Waals surface area contributed by atoms with Gasteiger partial charge in [-0.1, -0.05) is 0 Å². The molecule has 2 rings (SSSR count). The van der Waals surface area contributed by atoms with Crippen molar-refractivity contribution in [3.8, 4) is 11.5 Å². The summed E-state index contributed by atoms with van der Waals surface area (Å²) in [7, 11) is 2.99. The number of aromatic hydroxyl groups is 1. The Bertz CT molecular complexity index is 526. The van der Waals surface area contributed by atoms with E-state index in [-0.39, 0.29) is 30.2 Å². The first-order chi connectivity index (χ1) is 9.51. The third kappa shape index (κ3) is 3.40. The Morgan fingerprint density at radius 2 is 2.15 bits per heavy atom. The van der Waals surface area contributed by atoms with E-state index in [1.807, 2.05) is 0 Å². The molecule has 1 aliphatic carbocycles. The molecule has 1 aromatic carbocycles. The topological polar surface area (TPSA) is 78.9 Å². The summed E-state index contributed by atoms with van der Waals surface area (Å²) in [4.78, 5) is 25.1. The Labute approximate surface area is 117 Å². The molecular formula is C14H18N2O4. The number of nitrogens with one attached hydrogen (secondary N) is 1. The predicted molar refractivity (Wildman–Crippen MR) is 72.8 cm³/mol. The van der Waals surface area contributed by atoms with E-state index >= 15 is 0 Å². The minimum atomic E-state index is -0.325. The van der Waals surface area contributed by atoms with E-state index < -0.39 is 0 Å². The van der Waals surface area contributed by atoms with Gasteiger partial charge in [-0.25, -0.2) is 0 Å². The summed E-state index contributed by atoms with van der Waals surface area (Å²) >= 11 is 0. The summed E-state index contributed by atoms with van der Waals surface area (Å²) in [6, 6.07) is 4.67. The van der Waals surface area contributed by atoms with E-state index in [1.54, 1.807) is 13.1 Å². The molecule has 0 radical (unpaired) electrons. The number of amides is 2. The SMILES string of the molecule is COc1ccc(C(=O)N(C)CC(=O)NC2CC2)cc1O. The number of carbonyl (C=O) groups excluding carboxylic acids is 2. The summed E-state index contributed by atoms with van der Waals surface area (Å²) in [6.45, 7) is 0.00211. The highest BCUT2D eigenvalue weighted by Crippen LogP contribution is 2.26. The Kier molecular flexibility index (Phi) is 4.12. The molecule has 0 heterocycles. The van der Waals surface area contributed by atoms with Crippen molar-refractivity contribution < 1.29 is 19.4 Å². The molecule has 108 valence electrons. The first kappa shape index (κ1) is 14.2. The molecule has 0 unspecified atom stereocenters. The minimum Gasteiger partial charge on any atom is -0.504 e. The highest BCUT2D eigenvalue weighted by Gasteiger charge is 2.24. The summed E-state index contributed by atoms with van der Waals surface area (Å²) < 4.78 is 4.92. The van der Waals surface area contributed by atoms with Crippen molar-refractivity contribution in [2.45, 2.75) is 18.9 Å². The van der Waals surface area contributed by atoms with Gasteiger partial charge in [-0.3, -0.25) is 9.59 Å². The van der Waals surface area contributed by atoms with E-state index in [4.69, 9.17) is 4.74 Å². The van der Waals surface area contributed by atoms with Crippen LogP contribution < -0.4 is 10.1 Å². The second kappa shape index (κ2) is 5.81. The summed E-state index contributed by atoms with van der Waals surface area (Å²) in [6.07, 6.45) is 2.02. The van der Waals surface area contributed by atoms with Crippen LogP contribution >= 0.6 is 0 Å². The molecule has 0 bridgehead atoms. The molecule has 0 aromatic heterocycles. The summed E-state index contributed by atoms with van der Waals surface area (Å²) in [5.74, 6) is -0.292. The molecule has 2 amide bonds. The minimum absolute atomic E-state index is 0.00211. The van der Waals surface area contributed by atoms with Crippen LogP contribution in [0.4, 0.5) is 0 Å². The largest absolute Gasteiger partial charge is 0.504 e. The van der Waals surface area contributed by atoms with Gasteiger partial charge in [-0.05, 0) is 31.0 Å². The molecule has 1 aliphatic rings. The summed E-state index contributed by atoms with van der Waals surface area (Å²) in [5, 5.41) is 12.5. The second-order valence-corrected chi connectivity index (χ2v) is 4.89. The van der Waals surface area contributed by atoms with Crippen LogP contribution in [0.1, 0.15) is 23.2 Å². The normalized spacial score (nSPS) is 13.7. The zero-order chi connectivity index (χ0) is 14.7. The molecule has 20 heavy (non-hydrogen) atoms. The molecule has 6 heteroatoms. The number of methoxy groups -OCH3 is 1. The second-order valence-electron chi connectivity index (χ2n) is 4.89. The van der Waals surface area contributed by atoms with Crippen molar-refractivity contribution >= 4 is 11.8 Å². The van der Waals surface area contributed by atoms with Gasteiger partial charge in [0, 0.05) is 18.7 Å². The molecule has 1 fully saturated rings. The number of ether oxygens (including phenoxy) is 1. The van der Waals surface area contributed by atoms with Crippen molar-refractivity contribution in [2.75, 3.05) is 20.7 Å². The molecule has 0 atom stereocenters. The van der Waals surface area contributed by atoms with Crippen LogP contribution in [-0.2, 0) is 4.79 Å². The maximum absolute atomic E-state index is 12.1. The molecule has 0 spiro atoms. The molecular weight excluding hydrogens is 260 g/mol. The molecule has 1 saturated carbocycles. The lowest BCUT2D eigenvalue weighted by Crippen LogP contribution is -2.39. The van der Waals surface area contributed by atoms with Crippen molar-refractivity contribution in [3.63, 3.8) is 0 Å². The van der Waals surface area contributed by atoms with Crippen LogP contribution in [0.5, 0.6) is 11.5 Å². The van der Waals surface area contributed by atoms with Gasteiger partial charge in [0.05, 0.1) is 13.7 Å². The van der Waals surface area contributed by atoms with Crippen molar-refractivity contribution in [1.29, 1.82) is 0 Å². The Morgan fingerprint density at radius 3 is 2.70 bits per heavy atom. The number of rotatable bonds is 5. The number of phenols is 1. The van der Waals surface area contributed by atoms with E-state index in [2.05, 4.69) is 5.32 Å². The molecule has 6 nitrogen and oxygen atoms in total. The molecule has 1 aromatic rings. The Morgan fingerprint density at radius 1 is 1.45 bits per heavy atom. The molecule has 2 N–H and O–H groups in total. The number of nitrogens with zero attached hydrogens (tertiary/aromatic N) is 1. The van der Waals surface area contributed by atoms with Crippen molar-refractivity contribution in [2.24, 2.45) is 0 Å². The van der Waals surface area contributed by atoms with E-state index in [9.17, 15) is 14.7 Å². The monoisotopic (exact) mass is 278 g/mol. The number of phenolic OH excluding ortho intramolecular Hbond substituents is 1. The van der Waals surface area contributed by atoms with Crippen LogP contribution in [0.15, 0.2) is 18.2 Å². The fraction of sp³-hybridized carbons (Fsp3) is 0.429. The predicted octanol–water partition coefficient (Wildman–Crippen LogP) is 0.751. The van der Waals surface area contributed by atoms with Crippen LogP contribution in [0.2, 0.25) is 0 Å². The van der Waals surface area contributed by atoms with Crippen LogP contribution in [0, 0.1) is 0 Å². The highest BCUT2D eigenvalue weighted by atomic mass is 16.5. The third-order valence-electron chi connectivity index (χ3n) is 3.10. The summed E-state index contributed by atoms with van der Waals surface area (Å²) in [5.41, 5.74) is 0.310.